The SMILES string of the molecule is C=CC.C=CCCCc1ccccc1C(=C)C.Clc1ccc2c(NCCN3CCCCC3)ccnc2c1. The Hall–Kier alpha value is -2.88. The highest BCUT2D eigenvalue weighted by atomic mass is 35.5. The van der Waals surface area contributed by atoms with Crippen LogP contribution in [0.15, 0.2) is 86.6 Å². The van der Waals surface area contributed by atoms with Gasteiger partial charge in [0.1, 0.15) is 0 Å². The van der Waals surface area contributed by atoms with Crippen molar-refractivity contribution in [3.8, 4) is 0 Å². The number of anilines is 1. The smallest absolute Gasteiger partial charge is 0.0737 e. The van der Waals surface area contributed by atoms with Crippen LogP contribution in [-0.4, -0.2) is 36.1 Å². The van der Waals surface area contributed by atoms with Crippen molar-refractivity contribution in [3.05, 3.63) is 103 Å². The lowest BCUT2D eigenvalue weighted by atomic mass is 9.98. The molecule has 1 saturated heterocycles. The van der Waals surface area contributed by atoms with Gasteiger partial charge in [-0.3, -0.25) is 4.98 Å². The number of hydrogen-bond acceptors (Lipinski definition) is 3. The van der Waals surface area contributed by atoms with E-state index in [9.17, 15) is 0 Å². The van der Waals surface area contributed by atoms with E-state index in [2.05, 4.69) is 66.1 Å². The van der Waals surface area contributed by atoms with Crippen LogP contribution in [0.4, 0.5) is 5.69 Å². The van der Waals surface area contributed by atoms with Crippen LogP contribution in [0.1, 0.15) is 57.1 Å². The third-order valence-electron chi connectivity index (χ3n) is 6.23. The van der Waals surface area contributed by atoms with E-state index in [4.69, 9.17) is 11.6 Å². The Morgan fingerprint density at radius 1 is 1.08 bits per heavy atom. The van der Waals surface area contributed by atoms with E-state index in [0.717, 1.165) is 53.1 Å². The predicted molar refractivity (Wildman–Crippen MR) is 166 cm³/mol. The molecule has 0 radical (unpaired) electrons. The normalized spacial score (nSPS) is 12.9. The molecule has 0 unspecified atom stereocenters. The molecule has 4 rings (SSSR count). The molecule has 0 atom stereocenters. The van der Waals surface area contributed by atoms with Crippen molar-refractivity contribution in [2.24, 2.45) is 0 Å². The van der Waals surface area contributed by atoms with Crippen molar-refractivity contribution in [2.45, 2.75) is 52.4 Å². The van der Waals surface area contributed by atoms with Crippen LogP contribution in [0.2, 0.25) is 5.02 Å². The number of unbranched alkanes of at least 4 members (excludes halogenated alkanes) is 1. The zero-order valence-corrected chi connectivity index (χ0v) is 23.6. The van der Waals surface area contributed by atoms with Crippen molar-refractivity contribution in [2.75, 3.05) is 31.5 Å². The van der Waals surface area contributed by atoms with Gasteiger partial charge in [0.05, 0.1) is 5.52 Å². The maximum Gasteiger partial charge on any atom is 0.0737 e. The number of allylic oxidation sites excluding steroid dienone is 3. The molecule has 1 fully saturated rings. The third-order valence-corrected chi connectivity index (χ3v) is 6.46. The third kappa shape index (κ3) is 11.0. The van der Waals surface area contributed by atoms with Crippen molar-refractivity contribution in [3.63, 3.8) is 0 Å². The first kappa shape index (κ1) is 30.3. The van der Waals surface area contributed by atoms with Crippen LogP contribution in [0.5, 0.6) is 0 Å². The fourth-order valence-electron chi connectivity index (χ4n) is 4.40. The van der Waals surface area contributed by atoms with Gasteiger partial charge in [0, 0.05) is 35.4 Å². The minimum absolute atomic E-state index is 0.732. The summed E-state index contributed by atoms with van der Waals surface area (Å²) in [6, 6.07) is 16.4. The number of nitrogens with zero attached hydrogens (tertiary/aromatic N) is 2. The maximum atomic E-state index is 6.01. The average Bonchev–Trinajstić information content (AvgIpc) is 2.90. The van der Waals surface area contributed by atoms with Crippen LogP contribution in [-0.2, 0) is 6.42 Å². The number of halogens is 1. The van der Waals surface area contributed by atoms with E-state index < -0.39 is 0 Å². The molecule has 1 aromatic heterocycles. The lowest BCUT2D eigenvalue weighted by molar-refractivity contribution is 0.237. The Morgan fingerprint density at radius 3 is 2.51 bits per heavy atom. The number of aryl methyl sites for hydroxylation is 1. The molecule has 1 aliphatic heterocycles. The minimum Gasteiger partial charge on any atom is -0.383 e. The first-order valence-electron chi connectivity index (χ1n) is 13.4. The summed E-state index contributed by atoms with van der Waals surface area (Å²) in [5.74, 6) is 0. The van der Waals surface area contributed by atoms with Crippen molar-refractivity contribution in [1.29, 1.82) is 0 Å². The second kappa shape index (κ2) is 17.6. The summed E-state index contributed by atoms with van der Waals surface area (Å²) < 4.78 is 0. The number of nitrogens with one attached hydrogen (secondary N) is 1. The van der Waals surface area contributed by atoms with Gasteiger partial charge in [0.15, 0.2) is 0 Å². The van der Waals surface area contributed by atoms with Gasteiger partial charge < -0.3 is 10.2 Å². The first-order chi connectivity index (χ1) is 18.0. The Morgan fingerprint density at radius 2 is 1.81 bits per heavy atom. The molecule has 37 heavy (non-hydrogen) atoms. The zero-order valence-electron chi connectivity index (χ0n) is 22.8. The topological polar surface area (TPSA) is 28.2 Å². The summed E-state index contributed by atoms with van der Waals surface area (Å²) in [6.07, 6.45) is 13.0. The molecule has 4 heteroatoms. The zero-order chi connectivity index (χ0) is 26.9. The number of likely N-dealkylation sites (tertiary alicyclic amines) is 1. The van der Waals surface area contributed by atoms with Crippen LogP contribution in [0.3, 0.4) is 0 Å². The second-order valence-corrected chi connectivity index (χ2v) is 9.81. The van der Waals surface area contributed by atoms with E-state index in [1.54, 1.807) is 6.08 Å². The predicted octanol–water partition coefficient (Wildman–Crippen LogP) is 9.21. The molecule has 3 aromatic rings. The lowest BCUT2D eigenvalue weighted by Crippen LogP contribution is -2.33. The average molecular weight is 518 g/mol. The van der Waals surface area contributed by atoms with Gasteiger partial charge in [-0.25, -0.2) is 0 Å². The molecule has 3 nitrogen and oxygen atoms in total. The molecular formula is C33H44ClN3. The van der Waals surface area contributed by atoms with Gasteiger partial charge in [-0.2, -0.15) is 0 Å². The highest BCUT2D eigenvalue weighted by Crippen LogP contribution is 2.24. The monoisotopic (exact) mass is 517 g/mol. The molecular weight excluding hydrogens is 474 g/mol. The number of fused-ring (bicyclic) bond motifs is 1. The van der Waals surface area contributed by atoms with Crippen LogP contribution >= 0.6 is 11.6 Å². The summed E-state index contributed by atoms with van der Waals surface area (Å²) in [5, 5.41) is 5.40. The van der Waals surface area contributed by atoms with Crippen LogP contribution in [0.25, 0.3) is 16.5 Å². The van der Waals surface area contributed by atoms with Crippen molar-refractivity contribution >= 4 is 33.8 Å². The van der Waals surface area contributed by atoms with E-state index in [0.29, 0.717) is 0 Å². The van der Waals surface area contributed by atoms with E-state index in [1.165, 1.54) is 49.9 Å². The molecule has 2 heterocycles. The van der Waals surface area contributed by atoms with Gasteiger partial charge in [-0.1, -0.05) is 66.6 Å². The second-order valence-electron chi connectivity index (χ2n) is 9.38. The van der Waals surface area contributed by atoms with Crippen LogP contribution < -0.4 is 5.32 Å². The molecule has 0 bridgehead atoms. The molecule has 0 saturated carbocycles. The van der Waals surface area contributed by atoms with E-state index >= 15 is 0 Å². The fourth-order valence-corrected chi connectivity index (χ4v) is 4.56. The first-order valence-corrected chi connectivity index (χ1v) is 13.8. The van der Waals surface area contributed by atoms with Crippen molar-refractivity contribution < 1.29 is 0 Å². The molecule has 2 aromatic carbocycles. The number of rotatable bonds is 9. The Balaban J connectivity index is 0.000000248. The van der Waals surface area contributed by atoms with Gasteiger partial charge in [-0.05, 0) is 94.4 Å². The molecule has 1 N–H and O–H groups in total. The Bertz CT molecular complexity index is 1120. The lowest BCUT2D eigenvalue weighted by Gasteiger charge is -2.26. The summed E-state index contributed by atoms with van der Waals surface area (Å²) in [7, 11) is 0. The molecule has 0 spiro atoms. The summed E-state index contributed by atoms with van der Waals surface area (Å²) >= 11 is 6.01. The minimum atomic E-state index is 0.732. The van der Waals surface area contributed by atoms with Gasteiger partial charge in [0.25, 0.3) is 0 Å². The number of hydrogen-bond donors (Lipinski definition) is 1. The fraction of sp³-hybridized carbons (Fsp3) is 0.364. The van der Waals surface area contributed by atoms with Gasteiger partial charge >= 0.3 is 0 Å². The van der Waals surface area contributed by atoms with Gasteiger partial charge in [0.2, 0.25) is 0 Å². The summed E-state index contributed by atoms with van der Waals surface area (Å²) in [5.41, 5.74) is 5.95. The highest BCUT2D eigenvalue weighted by molar-refractivity contribution is 6.31. The summed E-state index contributed by atoms with van der Waals surface area (Å²) in [4.78, 5) is 6.90. The quantitative estimate of drug-likeness (QED) is 0.226. The van der Waals surface area contributed by atoms with Crippen LogP contribution in [0, 0.1) is 0 Å². The van der Waals surface area contributed by atoms with Crippen molar-refractivity contribution in [1.82, 2.24) is 9.88 Å². The Labute approximate surface area is 230 Å². The number of pyridine rings is 1. The Kier molecular flexibility index (Phi) is 14.4. The molecule has 0 aliphatic carbocycles. The maximum absolute atomic E-state index is 6.01. The molecule has 0 amide bonds. The van der Waals surface area contributed by atoms with Gasteiger partial charge in [-0.15, -0.1) is 13.2 Å². The standard InChI is InChI=1S/C16H20ClN3.C14H18.C3H6/c17-13-4-5-14-15(6-7-18-16(14)12-13)19-8-11-20-9-2-1-3-10-20;1-4-5-6-9-13-10-7-8-11-14(13)12(2)3;1-3-2/h4-7,12H,1-3,8-11H2,(H,18,19);4,7-8,10-11H,1-2,5-6,9H2,3H3;3H,1H2,2H3. The number of benzene rings is 2. The van der Waals surface area contributed by atoms with E-state index in [-0.39, 0.29) is 0 Å². The number of piperidine rings is 1. The van der Waals surface area contributed by atoms with E-state index in [1.807, 2.05) is 43.5 Å². The largest absolute Gasteiger partial charge is 0.383 e. The summed E-state index contributed by atoms with van der Waals surface area (Å²) in [6.45, 7) is 19.6. The number of aromatic nitrogens is 1. The molecule has 198 valence electrons. The highest BCUT2D eigenvalue weighted by Gasteiger charge is 2.09. The molecule has 1 aliphatic rings.